The summed E-state index contributed by atoms with van der Waals surface area (Å²) in [6.07, 6.45) is 7.12. The fraction of sp³-hybridized carbons (Fsp3) is 0.619. The maximum atomic E-state index is 12.0. The Bertz CT molecular complexity index is 582. The third-order valence-electron chi connectivity index (χ3n) is 5.07. The molecule has 1 fully saturated rings. The summed E-state index contributed by atoms with van der Waals surface area (Å²) in [6, 6.07) is 8.14. The SMILES string of the molecule is CCC(C)c1ccccc1OCC(=O)NCCC(=O)NC1CCCCC1. The van der Waals surface area contributed by atoms with Gasteiger partial charge in [0.25, 0.3) is 5.91 Å². The maximum absolute atomic E-state index is 12.0. The maximum Gasteiger partial charge on any atom is 0.257 e. The van der Waals surface area contributed by atoms with Gasteiger partial charge in [0.1, 0.15) is 5.75 Å². The van der Waals surface area contributed by atoms with Gasteiger partial charge >= 0.3 is 0 Å². The molecule has 5 nitrogen and oxygen atoms in total. The number of carbonyl (C=O) groups excluding carboxylic acids is 2. The average molecular weight is 360 g/mol. The molecule has 1 aromatic rings. The molecule has 0 spiro atoms. The van der Waals surface area contributed by atoms with E-state index in [1.54, 1.807) is 0 Å². The Morgan fingerprint density at radius 3 is 2.62 bits per heavy atom. The number of amides is 2. The predicted molar refractivity (Wildman–Crippen MR) is 103 cm³/mol. The van der Waals surface area contributed by atoms with Gasteiger partial charge in [-0.15, -0.1) is 0 Å². The van der Waals surface area contributed by atoms with Gasteiger partial charge in [0.15, 0.2) is 6.61 Å². The normalized spacial score (nSPS) is 15.9. The van der Waals surface area contributed by atoms with Crippen LogP contribution in [-0.2, 0) is 9.59 Å². The molecule has 0 bridgehead atoms. The molecule has 5 heteroatoms. The smallest absolute Gasteiger partial charge is 0.257 e. The van der Waals surface area contributed by atoms with E-state index in [1.165, 1.54) is 19.3 Å². The molecule has 0 saturated heterocycles. The fourth-order valence-corrected chi connectivity index (χ4v) is 3.30. The second kappa shape index (κ2) is 10.8. The van der Waals surface area contributed by atoms with Crippen molar-refractivity contribution in [1.82, 2.24) is 10.6 Å². The topological polar surface area (TPSA) is 67.4 Å². The highest BCUT2D eigenvalue weighted by Gasteiger charge is 2.15. The molecular formula is C21H32N2O3. The van der Waals surface area contributed by atoms with Crippen molar-refractivity contribution in [1.29, 1.82) is 0 Å². The van der Waals surface area contributed by atoms with E-state index in [1.807, 2.05) is 24.3 Å². The zero-order valence-corrected chi connectivity index (χ0v) is 16.1. The zero-order chi connectivity index (χ0) is 18.8. The molecule has 2 rings (SSSR count). The average Bonchev–Trinajstić information content (AvgIpc) is 2.66. The summed E-state index contributed by atoms with van der Waals surface area (Å²) >= 11 is 0. The van der Waals surface area contributed by atoms with Gasteiger partial charge in [-0.25, -0.2) is 0 Å². The Kier molecular flexibility index (Phi) is 8.45. The van der Waals surface area contributed by atoms with Crippen molar-refractivity contribution >= 4 is 11.8 Å². The lowest BCUT2D eigenvalue weighted by Gasteiger charge is -2.22. The molecule has 144 valence electrons. The first kappa shape index (κ1) is 20.3. The minimum Gasteiger partial charge on any atom is -0.483 e. The van der Waals surface area contributed by atoms with Gasteiger partial charge in [-0.1, -0.05) is 51.3 Å². The van der Waals surface area contributed by atoms with Gasteiger partial charge in [0.05, 0.1) is 0 Å². The van der Waals surface area contributed by atoms with Crippen LogP contribution in [-0.4, -0.2) is 31.0 Å². The number of hydrogen-bond donors (Lipinski definition) is 2. The van der Waals surface area contributed by atoms with Crippen LogP contribution in [0.3, 0.4) is 0 Å². The standard InChI is InChI=1S/C21H32N2O3/c1-3-16(2)18-11-7-8-12-19(18)26-15-21(25)22-14-13-20(24)23-17-9-5-4-6-10-17/h7-8,11-12,16-17H,3-6,9-10,13-15H2,1-2H3,(H,22,25)(H,23,24). The minimum atomic E-state index is -0.200. The summed E-state index contributed by atoms with van der Waals surface area (Å²) in [4.78, 5) is 23.9. The quantitative estimate of drug-likeness (QED) is 0.708. The van der Waals surface area contributed by atoms with E-state index < -0.39 is 0 Å². The molecule has 1 aliphatic carbocycles. The van der Waals surface area contributed by atoms with Crippen molar-refractivity contribution < 1.29 is 14.3 Å². The van der Waals surface area contributed by atoms with Gasteiger partial charge in [-0.05, 0) is 36.8 Å². The van der Waals surface area contributed by atoms with Crippen LogP contribution in [0.25, 0.3) is 0 Å². The van der Waals surface area contributed by atoms with E-state index in [9.17, 15) is 9.59 Å². The van der Waals surface area contributed by atoms with Crippen molar-refractivity contribution in [2.45, 2.75) is 70.8 Å². The lowest BCUT2D eigenvalue weighted by atomic mass is 9.95. The Morgan fingerprint density at radius 1 is 1.15 bits per heavy atom. The summed E-state index contributed by atoms with van der Waals surface area (Å²) in [5.41, 5.74) is 1.12. The number of hydrogen-bond acceptors (Lipinski definition) is 3. The van der Waals surface area contributed by atoms with E-state index in [-0.39, 0.29) is 18.4 Å². The van der Waals surface area contributed by atoms with E-state index in [2.05, 4.69) is 24.5 Å². The zero-order valence-electron chi connectivity index (χ0n) is 16.1. The number of carbonyl (C=O) groups is 2. The van der Waals surface area contributed by atoms with E-state index in [0.29, 0.717) is 24.9 Å². The monoisotopic (exact) mass is 360 g/mol. The molecule has 1 atom stereocenters. The first-order valence-electron chi connectivity index (χ1n) is 9.88. The van der Waals surface area contributed by atoms with Crippen LogP contribution >= 0.6 is 0 Å². The van der Waals surface area contributed by atoms with Crippen LogP contribution in [0.5, 0.6) is 5.75 Å². The van der Waals surface area contributed by atoms with Gasteiger partial charge in [0, 0.05) is 19.0 Å². The Morgan fingerprint density at radius 2 is 1.88 bits per heavy atom. The fourth-order valence-electron chi connectivity index (χ4n) is 3.30. The van der Waals surface area contributed by atoms with E-state index >= 15 is 0 Å². The third kappa shape index (κ3) is 6.70. The van der Waals surface area contributed by atoms with Crippen LogP contribution in [0.2, 0.25) is 0 Å². The molecule has 0 radical (unpaired) electrons. The van der Waals surface area contributed by atoms with Crippen molar-refractivity contribution in [3.05, 3.63) is 29.8 Å². The summed E-state index contributed by atoms with van der Waals surface area (Å²) < 4.78 is 5.69. The molecule has 1 saturated carbocycles. The molecule has 1 aliphatic rings. The summed E-state index contributed by atoms with van der Waals surface area (Å²) in [5, 5.41) is 5.81. The number of ether oxygens (including phenoxy) is 1. The lowest BCUT2D eigenvalue weighted by Crippen LogP contribution is -2.38. The third-order valence-corrected chi connectivity index (χ3v) is 5.07. The molecule has 26 heavy (non-hydrogen) atoms. The van der Waals surface area contributed by atoms with Crippen LogP contribution in [0.4, 0.5) is 0 Å². The second-order valence-corrected chi connectivity index (χ2v) is 7.14. The van der Waals surface area contributed by atoms with Gasteiger partial charge in [0.2, 0.25) is 5.91 Å². The lowest BCUT2D eigenvalue weighted by molar-refractivity contribution is -0.124. The highest BCUT2D eigenvalue weighted by atomic mass is 16.5. The molecule has 2 N–H and O–H groups in total. The van der Waals surface area contributed by atoms with Gasteiger partial charge in [-0.2, -0.15) is 0 Å². The Balaban J connectivity index is 1.67. The predicted octanol–water partition coefficient (Wildman–Crippen LogP) is 3.53. The first-order chi connectivity index (χ1) is 12.6. The van der Waals surface area contributed by atoms with E-state index in [4.69, 9.17) is 4.74 Å². The largest absolute Gasteiger partial charge is 0.483 e. The van der Waals surface area contributed by atoms with Gasteiger partial charge < -0.3 is 15.4 Å². The van der Waals surface area contributed by atoms with Crippen molar-refractivity contribution in [3.8, 4) is 5.75 Å². The summed E-state index contributed by atoms with van der Waals surface area (Å²) in [7, 11) is 0. The molecular weight excluding hydrogens is 328 g/mol. The molecule has 1 unspecified atom stereocenters. The van der Waals surface area contributed by atoms with Crippen LogP contribution in [0, 0.1) is 0 Å². The minimum absolute atomic E-state index is 0.0141. The highest BCUT2D eigenvalue weighted by molar-refractivity contribution is 5.80. The number of benzene rings is 1. The summed E-state index contributed by atoms with van der Waals surface area (Å²) in [6.45, 7) is 4.59. The highest BCUT2D eigenvalue weighted by Crippen LogP contribution is 2.28. The van der Waals surface area contributed by atoms with Crippen molar-refractivity contribution in [3.63, 3.8) is 0 Å². The summed E-state index contributed by atoms with van der Waals surface area (Å²) in [5.74, 6) is 0.958. The molecule has 2 amide bonds. The number of rotatable bonds is 9. The van der Waals surface area contributed by atoms with Crippen molar-refractivity contribution in [2.24, 2.45) is 0 Å². The number of nitrogens with one attached hydrogen (secondary N) is 2. The van der Waals surface area contributed by atoms with Gasteiger partial charge in [-0.3, -0.25) is 9.59 Å². The molecule has 0 heterocycles. The van der Waals surface area contributed by atoms with E-state index in [0.717, 1.165) is 30.6 Å². The van der Waals surface area contributed by atoms with Crippen LogP contribution in [0.1, 0.15) is 70.3 Å². The van der Waals surface area contributed by atoms with Crippen LogP contribution in [0.15, 0.2) is 24.3 Å². The molecule has 0 aromatic heterocycles. The van der Waals surface area contributed by atoms with Crippen molar-refractivity contribution in [2.75, 3.05) is 13.2 Å². The van der Waals surface area contributed by atoms with Crippen LogP contribution < -0.4 is 15.4 Å². The second-order valence-electron chi connectivity index (χ2n) is 7.14. The Labute approximate surface area is 156 Å². The molecule has 1 aromatic carbocycles. The Hall–Kier alpha value is -2.04. The first-order valence-corrected chi connectivity index (χ1v) is 9.88. The molecule has 0 aliphatic heterocycles. The number of para-hydroxylation sites is 1.